The minimum atomic E-state index is -0.420. The van der Waals surface area contributed by atoms with Crippen LogP contribution in [0.3, 0.4) is 0 Å². The van der Waals surface area contributed by atoms with E-state index in [0.717, 1.165) is 10.0 Å². The molecule has 0 unspecified atom stereocenters. The summed E-state index contributed by atoms with van der Waals surface area (Å²) >= 11 is 9.41. The van der Waals surface area contributed by atoms with E-state index in [1.165, 1.54) is 13.3 Å². The van der Waals surface area contributed by atoms with E-state index in [2.05, 4.69) is 25.8 Å². The Morgan fingerprint density at radius 3 is 2.94 bits per heavy atom. The normalized spacial score (nSPS) is 10.8. The molecule has 16 heavy (non-hydrogen) atoms. The maximum absolute atomic E-state index is 11.5. The third-order valence-corrected chi connectivity index (χ3v) is 3.65. The average molecular weight is 304 g/mol. The SMILES string of the molecule is COC(=O)c1cnn2cc(Br)c(Cl)c(C)c12. The second kappa shape index (κ2) is 4.07. The van der Waals surface area contributed by atoms with Gasteiger partial charge in [-0.05, 0) is 28.4 Å². The smallest absolute Gasteiger partial charge is 0.341 e. The average Bonchev–Trinajstić information content (AvgIpc) is 2.68. The minimum Gasteiger partial charge on any atom is -0.465 e. The van der Waals surface area contributed by atoms with Crippen molar-refractivity contribution in [2.75, 3.05) is 7.11 Å². The van der Waals surface area contributed by atoms with Gasteiger partial charge in [0.1, 0.15) is 5.56 Å². The molecule has 0 saturated heterocycles. The molecule has 0 aromatic carbocycles. The largest absolute Gasteiger partial charge is 0.465 e. The molecule has 4 nitrogen and oxygen atoms in total. The number of esters is 1. The van der Waals surface area contributed by atoms with Crippen LogP contribution in [0, 0.1) is 6.92 Å². The van der Waals surface area contributed by atoms with Gasteiger partial charge in [0.15, 0.2) is 0 Å². The summed E-state index contributed by atoms with van der Waals surface area (Å²) in [6.45, 7) is 1.83. The number of pyridine rings is 1. The number of rotatable bonds is 1. The van der Waals surface area contributed by atoms with Crippen molar-refractivity contribution >= 4 is 39.0 Å². The number of fused-ring (bicyclic) bond motifs is 1. The second-order valence-electron chi connectivity index (χ2n) is 3.26. The number of carbonyl (C=O) groups is 1. The third-order valence-electron chi connectivity index (χ3n) is 2.33. The van der Waals surface area contributed by atoms with Gasteiger partial charge >= 0.3 is 5.97 Å². The Labute approximate surface area is 105 Å². The number of nitrogens with zero attached hydrogens (tertiary/aromatic N) is 2. The summed E-state index contributed by atoms with van der Waals surface area (Å²) in [6.07, 6.45) is 3.17. The molecule has 0 fully saturated rings. The lowest BCUT2D eigenvalue weighted by Crippen LogP contribution is -2.02. The fraction of sp³-hybridized carbons (Fsp3) is 0.200. The molecule has 2 rings (SSSR count). The first-order valence-corrected chi connectivity index (χ1v) is 5.63. The zero-order chi connectivity index (χ0) is 11.9. The van der Waals surface area contributed by atoms with Crippen LogP contribution in [-0.4, -0.2) is 22.7 Å². The molecular formula is C10H8BrClN2O2. The summed E-state index contributed by atoms with van der Waals surface area (Å²) in [5, 5.41) is 4.65. The number of aryl methyl sites for hydroxylation is 1. The van der Waals surface area contributed by atoms with Gasteiger partial charge in [0, 0.05) is 6.20 Å². The standard InChI is InChI=1S/C10H8BrClN2O2/c1-5-8(12)7(11)4-14-9(5)6(3-13-14)10(15)16-2/h3-4H,1-2H3. The van der Waals surface area contributed by atoms with E-state index >= 15 is 0 Å². The van der Waals surface area contributed by atoms with Crippen LogP contribution < -0.4 is 0 Å². The van der Waals surface area contributed by atoms with Gasteiger partial charge in [-0.1, -0.05) is 11.6 Å². The molecule has 0 saturated carbocycles. The van der Waals surface area contributed by atoms with Crippen LogP contribution in [-0.2, 0) is 4.74 Å². The zero-order valence-electron chi connectivity index (χ0n) is 8.62. The lowest BCUT2D eigenvalue weighted by Gasteiger charge is -2.05. The van der Waals surface area contributed by atoms with Crippen LogP contribution in [0.15, 0.2) is 16.9 Å². The van der Waals surface area contributed by atoms with Gasteiger partial charge in [-0.3, -0.25) is 0 Å². The number of carbonyl (C=O) groups excluding carboxylic acids is 1. The molecule has 2 aromatic rings. The lowest BCUT2D eigenvalue weighted by molar-refractivity contribution is 0.0603. The lowest BCUT2D eigenvalue weighted by atomic mass is 10.2. The quantitative estimate of drug-likeness (QED) is 0.761. The molecule has 0 aliphatic heterocycles. The molecule has 0 bridgehead atoms. The maximum Gasteiger partial charge on any atom is 0.341 e. The van der Waals surface area contributed by atoms with Crippen LogP contribution in [0.5, 0.6) is 0 Å². The highest BCUT2D eigenvalue weighted by Gasteiger charge is 2.17. The fourth-order valence-electron chi connectivity index (χ4n) is 1.54. The molecule has 2 heterocycles. The molecule has 0 radical (unpaired) electrons. The van der Waals surface area contributed by atoms with Gasteiger partial charge in [-0.25, -0.2) is 9.31 Å². The summed E-state index contributed by atoms with van der Waals surface area (Å²) < 4.78 is 7.01. The van der Waals surface area contributed by atoms with Gasteiger partial charge in [-0.15, -0.1) is 0 Å². The van der Waals surface area contributed by atoms with Crippen LogP contribution in [0.1, 0.15) is 15.9 Å². The van der Waals surface area contributed by atoms with E-state index in [-0.39, 0.29) is 0 Å². The Balaban J connectivity index is 2.81. The Morgan fingerprint density at radius 2 is 2.31 bits per heavy atom. The van der Waals surface area contributed by atoms with Crippen molar-refractivity contribution < 1.29 is 9.53 Å². The monoisotopic (exact) mass is 302 g/mol. The minimum absolute atomic E-state index is 0.411. The number of methoxy groups -OCH3 is 1. The molecule has 6 heteroatoms. The first kappa shape index (κ1) is 11.4. The number of hydrogen-bond donors (Lipinski definition) is 0. The molecular weight excluding hydrogens is 295 g/mol. The van der Waals surface area contributed by atoms with Gasteiger partial charge in [-0.2, -0.15) is 5.10 Å². The molecule has 0 spiro atoms. The van der Waals surface area contributed by atoms with Crippen LogP contribution in [0.4, 0.5) is 0 Å². The van der Waals surface area contributed by atoms with E-state index in [4.69, 9.17) is 11.6 Å². The van der Waals surface area contributed by atoms with E-state index in [1.54, 1.807) is 10.7 Å². The van der Waals surface area contributed by atoms with Crippen molar-refractivity contribution in [1.82, 2.24) is 9.61 Å². The first-order valence-electron chi connectivity index (χ1n) is 4.46. The van der Waals surface area contributed by atoms with Gasteiger partial charge < -0.3 is 4.74 Å². The van der Waals surface area contributed by atoms with Crippen molar-refractivity contribution in [3.8, 4) is 0 Å². The second-order valence-corrected chi connectivity index (χ2v) is 4.49. The van der Waals surface area contributed by atoms with E-state index < -0.39 is 5.97 Å². The summed E-state index contributed by atoms with van der Waals surface area (Å²) in [7, 11) is 1.33. The highest BCUT2D eigenvalue weighted by molar-refractivity contribution is 9.10. The Hall–Kier alpha value is -1.07. The molecule has 2 aromatic heterocycles. The van der Waals surface area contributed by atoms with Crippen LogP contribution in [0.25, 0.3) is 5.52 Å². The number of aromatic nitrogens is 2. The Morgan fingerprint density at radius 1 is 1.62 bits per heavy atom. The van der Waals surface area contributed by atoms with Crippen molar-refractivity contribution in [3.63, 3.8) is 0 Å². The molecule has 0 amide bonds. The highest BCUT2D eigenvalue weighted by atomic mass is 79.9. The van der Waals surface area contributed by atoms with Crippen molar-refractivity contribution in [3.05, 3.63) is 33.0 Å². The van der Waals surface area contributed by atoms with Gasteiger partial charge in [0.05, 0.1) is 28.3 Å². The van der Waals surface area contributed by atoms with Crippen molar-refractivity contribution in [2.45, 2.75) is 6.92 Å². The third kappa shape index (κ3) is 1.60. The first-order chi connectivity index (χ1) is 7.56. The van der Waals surface area contributed by atoms with Crippen LogP contribution >= 0.6 is 27.5 Å². The summed E-state index contributed by atoms with van der Waals surface area (Å²) in [4.78, 5) is 11.5. The summed E-state index contributed by atoms with van der Waals surface area (Å²) in [5.74, 6) is -0.420. The van der Waals surface area contributed by atoms with Gasteiger partial charge in [0.25, 0.3) is 0 Å². The van der Waals surface area contributed by atoms with Gasteiger partial charge in [0.2, 0.25) is 0 Å². The maximum atomic E-state index is 11.5. The topological polar surface area (TPSA) is 43.6 Å². The zero-order valence-corrected chi connectivity index (χ0v) is 11.0. The Bertz CT molecular complexity index is 580. The molecule has 0 aliphatic rings. The highest BCUT2D eigenvalue weighted by Crippen LogP contribution is 2.30. The predicted octanol–water partition coefficient (Wildman–Crippen LogP) is 2.85. The number of halogens is 2. The van der Waals surface area contributed by atoms with E-state index in [1.807, 2.05) is 6.92 Å². The van der Waals surface area contributed by atoms with E-state index in [9.17, 15) is 4.79 Å². The van der Waals surface area contributed by atoms with Crippen molar-refractivity contribution in [1.29, 1.82) is 0 Å². The number of ether oxygens (including phenoxy) is 1. The fourth-order valence-corrected chi connectivity index (χ4v) is 2.17. The molecule has 0 N–H and O–H groups in total. The Kier molecular flexibility index (Phi) is 2.90. The van der Waals surface area contributed by atoms with Crippen LogP contribution in [0.2, 0.25) is 5.02 Å². The molecule has 0 aliphatic carbocycles. The summed E-state index contributed by atoms with van der Waals surface area (Å²) in [5.41, 5.74) is 1.86. The molecule has 0 atom stereocenters. The number of hydrogen-bond acceptors (Lipinski definition) is 3. The molecule has 84 valence electrons. The summed E-state index contributed by atoms with van der Waals surface area (Å²) in [6, 6.07) is 0. The predicted molar refractivity (Wildman–Crippen MR) is 64.0 cm³/mol. The van der Waals surface area contributed by atoms with E-state index in [0.29, 0.717) is 16.1 Å². The van der Waals surface area contributed by atoms with Crippen molar-refractivity contribution in [2.24, 2.45) is 0 Å².